The van der Waals surface area contributed by atoms with Crippen LogP contribution in [0.15, 0.2) is 18.2 Å². The van der Waals surface area contributed by atoms with Crippen molar-refractivity contribution in [1.29, 1.82) is 0 Å². The van der Waals surface area contributed by atoms with E-state index >= 15 is 0 Å². The van der Waals surface area contributed by atoms with Crippen LogP contribution in [0.1, 0.15) is 12.5 Å². The largest absolute Gasteiger partial charge is 0.477 e. The molecule has 0 aliphatic heterocycles. The molecule has 0 aliphatic carbocycles. The maximum absolute atomic E-state index is 11.2. The number of rotatable bonds is 4. The molecule has 0 saturated heterocycles. The number of esters is 1. The van der Waals surface area contributed by atoms with Gasteiger partial charge in [0.2, 0.25) is 0 Å². The quantitative estimate of drug-likeness (QED) is 0.821. The molecule has 0 aromatic heterocycles. The van der Waals surface area contributed by atoms with Crippen molar-refractivity contribution < 1.29 is 19.4 Å². The topological polar surface area (TPSA) is 55.8 Å². The molecule has 1 atom stereocenters. The highest BCUT2D eigenvalue weighted by molar-refractivity contribution is 6.32. The summed E-state index contributed by atoms with van der Waals surface area (Å²) in [4.78, 5) is 11.2. The predicted molar refractivity (Wildman–Crippen MR) is 59.5 cm³/mol. The van der Waals surface area contributed by atoms with Gasteiger partial charge in [-0.3, -0.25) is 0 Å². The predicted octanol–water partition coefficient (Wildman–Crippen LogP) is 1.77. The number of carbonyl (C=O) groups excluding carboxylic acids is 1. The van der Waals surface area contributed by atoms with Crippen LogP contribution in [0.2, 0.25) is 5.02 Å². The van der Waals surface area contributed by atoms with Crippen LogP contribution in [0.4, 0.5) is 0 Å². The fraction of sp³-hybridized carbons (Fsp3) is 0.364. The van der Waals surface area contributed by atoms with E-state index in [2.05, 4.69) is 4.74 Å². The SMILES string of the molecule is COC(=O)C(C)Oc1c(Cl)cccc1CO. The van der Waals surface area contributed by atoms with Crippen molar-refractivity contribution in [2.75, 3.05) is 7.11 Å². The Morgan fingerprint density at radius 1 is 1.56 bits per heavy atom. The number of carbonyl (C=O) groups is 1. The van der Waals surface area contributed by atoms with E-state index in [0.717, 1.165) is 0 Å². The fourth-order valence-corrected chi connectivity index (χ4v) is 1.44. The van der Waals surface area contributed by atoms with Crippen molar-refractivity contribution >= 4 is 17.6 Å². The molecule has 1 rings (SSSR count). The summed E-state index contributed by atoms with van der Waals surface area (Å²) >= 11 is 5.91. The molecule has 0 amide bonds. The molecule has 0 fully saturated rings. The molecule has 4 nitrogen and oxygen atoms in total. The Bertz CT molecular complexity index is 378. The summed E-state index contributed by atoms with van der Waals surface area (Å²) in [6, 6.07) is 4.99. The van der Waals surface area contributed by atoms with Crippen LogP contribution in [-0.4, -0.2) is 24.3 Å². The number of para-hydroxylation sites is 1. The third-order valence-electron chi connectivity index (χ3n) is 2.05. The summed E-state index contributed by atoms with van der Waals surface area (Å²) in [5.41, 5.74) is 0.531. The molecule has 0 saturated carbocycles. The second-order valence-corrected chi connectivity index (χ2v) is 3.58. The number of halogens is 1. The Morgan fingerprint density at radius 3 is 2.81 bits per heavy atom. The third-order valence-corrected chi connectivity index (χ3v) is 2.34. The molecule has 5 heteroatoms. The van der Waals surface area contributed by atoms with Gasteiger partial charge in [0.25, 0.3) is 0 Å². The average Bonchev–Trinajstić information content (AvgIpc) is 2.30. The third kappa shape index (κ3) is 2.87. The Labute approximate surface area is 98.7 Å². The first-order valence-corrected chi connectivity index (χ1v) is 5.10. The van der Waals surface area contributed by atoms with Crippen LogP contribution in [-0.2, 0) is 16.1 Å². The first-order valence-electron chi connectivity index (χ1n) is 4.73. The fourth-order valence-electron chi connectivity index (χ4n) is 1.20. The highest BCUT2D eigenvalue weighted by Crippen LogP contribution is 2.29. The van der Waals surface area contributed by atoms with Gasteiger partial charge >= 0.3 is 5.97 Å². The molecule has 88 valence electrons. The normalized spacial score (nSPS) is 12.0. The van der Waals surface area contributed by atoms with Gasteiger partial charge in [-0.05, 0) is 13.0 Å². The van der Waals surface area contributed by atoms with Gasteiger partial charge < -0.3 is 14.6 Å². The summed E-state index contributed by atoms with van der Waals surface area (Å²) in [6.45, 7) is 1.35. The Morgan fingerprint density at radius 2 is 2.25 bits per heavy atom. The van der Waals surface area contributed by atoms with Gasteiger partial charge in [-0.15, -0.1) is 0 Å². The molecular formula is C11H13ClO4. The summed E-state index contributed by atoms with van der Waals surface area (Å²) in [7, 11) is 1.28. The summed E-state index contributed by atoms with van der Waals surface area (Å²) in [5, 5.41) is 9.45. The second-order valence-electron chi connectivity index (χ2n) is 3.17. The number of benzene rings is 1. The highest BCUT2D eigenvalue weighted by Gasteiger charge is 2.18. The molecule has 1 unspecified atom stereocenters. The molecular weight excluding hydrogens is 232 g/mol. The average molecular weight is 245 g/mol. The first-order chi connectivity index (χ1) is 7.60. The van der Waals surface area contributed by atoms with E-state index in [1.165, 1.54) is 7.11 Å². The highest BCUT2D eigenvalue weighted by atomic mass is 35.5. The molecule has 16 heavy (non-hydrogen) atoms. The second kappa shape index (κ2) is 5.72. The van der Waals surface area contributed by atoms with Crippen LogP contribution >= 0.6 is 11.6 Å². The minimum absolute atomic E-state index is 0.205. The Hall–Kier alpha value is -1.26. The van der Waals surface area contributed by atoms with Crippen LogP contribution in [0.3, 0.4) is 0 Å². The van der Waals surface area contributed by atoms with Crippen LogP contribution < -0.4 is 4.74 Å². The summed E-state index contributed by atoms with van der Waals surface area (Å²) < 4.78 is 9.88. The van der Waals surface area contributed by atoms with Crippen molar-refractivity contribution in [2.45, 2.75) is 19.6 Å². The number of aliphatic hydroxyl groups excluding tert-OH is 1. The van der Waals surface area contributed by atoms with E-state index < -0.39 is 12.1 Å². The molecule has 0 aliphatic rings. The van der Waals surface area contributed by atoms with E-state index in [9.17, 15) is 4.79 Å². The van der Waals surface area contributed by atoms with Crippen molar-refractivity contribution in [2.24, 2.45) is 0 Å². The van der Waals surface area contributed by atoms with Gasteiger partial charge in [0, 0.05) is 5.56 Å². The molecule has 1 aromatic carbocycles. The van der Waals surface area contributed by atoms with E-state index in [-0.39, 0.29) is 6.61 Å². The van der Waals surface area contributed by atoms with E-state index in [0.29, 0.717) is 16.3 Å². The van der Waals surface area contributed by atoms with Crippen molar-refractivity contribution in [3.63, 3.8) is 0 Å². The van der Waals surface area contributed by atoms with Gasteiger partial charge in [0.05, 0.1) is 18.7 Å². The van der Waals surface area contributed by atoms with Gasteiger partial charge in [-0.25, -0.2) is 4.79 Å². The van der Waals surface area contributed by atoms with Gasteiger partial charge in [-0.1, -0.05) is 23.7 Å². The van der Waals surface area contributed by atoms with Crippen molar-refractivity contribution in [3.8, 4) is 5.75 Å². The maximum atomic E-state index is 11.2. The zero-order chi connectivity index (χ0) is 12.1. The first kappa shape index (κ1) is 12.8. The van der Waals surface area contributed by atoms with Crippen LogP contribution in [0.25, 0.3) is 0 Å². The number of ether oxygens (including phenoxy) is 2. The van der Waals surface area contributed by atoms with Crippen molar-refractivity contribution in [3.05, 3.63) is 28.8 Å². The Kier molecular flexibility index (Phi) is 4.58. The number of hydrogen-bond donors (Lipinski definition) is 1. The van der Waals surface area contributed by atoms with Crippen LogP contribution in [0.5, 0.6) is 5.75 Å². The monoisotopic (exact) mass is 244 g/mol. The molecule has 0 radical (unpaired) electrons. The molecule has 0 heterocycles. The molecule has 1 N–H and O–H groups in total. The van der Waals surface area contributed by atoms with E-state index in [4.69, 9.17) is 21.4 Å². The lowest BCUT2D eigenvalue weighted by Crippen LogP contribution is -2.25. The lowest BCUT2D eigenvalue weighted by atomic mass is 10.2. The Balaban J connectivity index is 2.91. The van der Waals surface area contributed by atoms with Gasteiger partial charge in [0.1, 0.15) is 5.75 Å². The van der Waals surface area contributed by atoms with Crippen molar-refractivity contribution in [1.82, 2.24) is 0 Å². The number of aliphatic hydroxyl groups is 1. The lowest BCUT2D eigenvalue weighted by Gasteiger charge is -2.16. The molecule has 0 spiro atoms. The van der Waals surface area contributed by atoms with E-state index in [1.54, 1.807) is 25.1 Å². The number of methoxy groups -OCH3 is 1. The number of hydrogen-bond acceptors (Lipinski definition) is 4. The molecule has 1 aromatic rings. The van der Waals surface area contributed by atoms with Gasteiger partial charge in [0.15, 0.2) is 6.10 Å². The minimum Gasteiger partial charge on any atom is -0.477 e. The summed E-state index contributed by atoms with van der Waals surface area (Å²) in [5.74, 6) is -0.187. The zero-order valence-corrected chi connectivity index (χ0v) is 9.82. The van der Waals surface area contributed by atoms with Crippen LogP contribution in [0, 0.1) is 0 Å². The standard InChI is InChI=1S/C11H13ClO4/c1-7(11(14)15-2)16-10-8(6-13)4-3-5-9(10)12/h3-5,7,13H,6H2,1-2H3. The summed E-state index contributed by atoms with van der Waals surface area (Å²) in [6.07, 6.45) is -0.768. The van der Waals surface area contributed by atoms with E-state index in [1.807, 2.05) is 0 Å². The zero-order valence-electron chi connectivity index (χ0n) is 9.07. The van der Waals surface area contributed by atoms with Gasteiger partial charge in [-0.2, -0.15) is 0 Å². The smallest absolute Gasteiger partial charge is 0.346 e. The molecule has 0 bridgehead atoms. The maximum Gasteiger partial charge on any atom is 0.346 e. The lowest BCUT2D eigenvalue weighted by molar-refractivity contribution is -0.147. The minimum atomic E-state index is -0.768.